The van der Waals surface area contributed by atoms with Crippen LogP contribution < -0.4 is 0 Å². The van der Waals surface area contributed by atoms with Crippen molar-refractivity contribution in [1.82, 2.24) is 19.9 Å². The van der Waals surface area contributed by atoms with Gasteiger partial charge in [0.25, 0.3) is 0 Å². The van der Waals surface area contributed by atoms with Gasteiger partial charge in [-0.05, 0) is 35.0 Å². The van der Waals surface area contributed by atoms with E-state index in [1.54, 1.807) is 0 Å². The number of nitrogens with zero attached hydrogens (tertiary/aromatic N) is 4. The maximum Gasteiger partial charge on any atom is 0.0972 e. The summed E-state index contributed by atoms with van der Waals surface area (Å²) < 4.78 is 0. The van der Waals surface area contributed by atoms with E-state index in [1.165, 1.54) is 0 Å². The Hall–Kier alpha value is -6.78. The molecule has 10 rings (SSSR count). The average molecular weight is 697 g/mol. The number of pyridine rings is 4. The summed E-state index contributed by atoms with van der Waals surface area (Å²) in [4.78, 5) is 20.8. The van der Waals surface area contributed by atoms with Gasteiger partial charge >= 0.3 is 0 Å². The monoisotopic (exact) mass is 696 g/mol. The Morgan fingerprint density at radius 1 is 0.259 bits per heavy atom. The first kappa shape index (κ1) is 34.3. The molecule has 4 heteroatoms. The van der Waals surface area contributed by atoms with Gasteiger partial charge in [-0.15, -0.1) is 0 Å². The zero-order valence-electron chi connectivity index (χ0n) is 31.0. The number of fused-ring (bicyclic) bond motifs is 7. The molecule has 0 fully saturated rings. The second kappa shape index (κ2) is 15.1. The SMILES string of the molecule is CC.CC.c1ccc(-c2ccc3ccc4ccc(-c5cccc6c(-c7ccc8ccc9ccc(-c%10ccccc%10)nc9c8n7)cccc56)nc4c3n2)cc1. The van der Waals surface area contributed by atoms with Crippen LogP contribution in [0.15, 0.2) is 170 Å². The first-order chi connectivity index (χ1) is 26.8. The van der Waals surface area contributed by atoms with Crippen molar-refractivity contribution < 1.29 is 0 Å². The van der Waals surface area contributed by atoms with Crippen LogP contribution in [0.1, 0.15) is 27.7 Å². The zero-order valence-corrected chi connectivity index (χ0v) is 31.0. The van der Waals surface area contributed by atoms with Gasteiger partial charge in [0.1, 0.15) is 0 Å². The van der Waals surface area contributed by atoms with Crippen LogP contribution >= 0.6 is 0 Å². The van der Waals surface area contributed by atoms with E-state index < -0.39 is 0 Å². The molecule has 54 heavy (non-hydrogen) atoms. The van der Waals surface area contributed by atoms with Crippen molar-refractivity contribution in [2.75, 3.05) is 0 Å². The molecule has 0 atom stereocenters. The molecule has 4 aromatic heterocycles. The Morgan fingerprint density at radius 2 is 0.556 bits per heavy atom. The predicted octanol–water partition coefficient (Wildman–Crippen LogP) is 13.8. The van der Waals surface area contributed by atoms with Crippen molar-refractivity contribution in [2.45, 2.75) is 27.7 Å². The molecule has 4 nitrogen and oxygen atoms in total. The number of benzene rings is 6. The van der Waals surface area contributed by atoms with Crippen LogP contribution in [0.25, 0.3) is 99.4 Å². The zero-order chi connectivity index (χ0) is 37.0. The summed E-state index contributed by atoms with van der Waals surface area (Å²) in [5.41, 5.74) is 11.6. The van der Waals surface area contributed by atoms with Gasteiger partial charge in [0, 0.05) is 43.8 Å². The fraction of sp³-hybridized carbons (Fsp3) is 0.0800. The van der Waals surface area contributed by atoms with Gasteiger partial charge in [-0.2, -0.15) is 0 Å². The van der Waals surface area contributed by atoms with Crippen molar-refractivity contribution >= 4 is 54.4 Å². The van der Waals surface area contributed by atoms with Gasteiger partial charge in [0.15, 0.2) is 0 Å². The minimum atomic E-state index is 0.899. The Morgan fingerprint density at radius 3 is 0.907 bits per heavy atom. The van der Waals surface area contributed by atoms with Gasteiger partial charge in [-0.3, -0.25) is 0 Å². The molecule has 260 valence electrons. The third kappa shape index (κ3) is 6.22. The molecule has 0 radical (unpaired) electrons. The van der Waals surface area contributed by atoms with Crippen LogP contribution in [-0.2, 0) is 0 Å². The van der Waals surface area contributed by atoms with E-state index in [0.29, 0.717) is 0 Å². The minimum Gasteiger partial charge on any atom is -0.245 e. The van der Waals surface area contributed by atoms with Crippen LogP contribution in [-0.4, -0.2) is 19.9 Å². The minimum absolute atomic E-state index is 0.899. The molecule has 0 saturated heterocycles. The lowest BCUT2D eigenvalue weighted by Crippen LogP contribution is -1.93. The Kier molecular flexibility index (Phi) is 9.57. The van der Waals surface area contributed by atoms with Crippen LogP contribution in [0, 0.1) is 0 Å². The van der Waals surface area contributed by atoms with Gasteiger partial charge in [-0.25, -0.2) is 19.9 Å². The largest absolute Gasteiger partial charge is 0.245 e. The summed E-state index contributed by atoms with van der Waals surface area (Å²) in [5.74, 6) is 0. The normalized spacial score (nSPS) is 11.0. The lowest BCUT2D eigenvalue weighted by molar-refractivity contribution is 1.37. The van der Waals surface area contributed by atoms with Gasteiger partial charge < -0.3 is 0 Å². The quantitative estimate of drug-likeness (QED) is 0.172. The average Bonchev–Trinajstić information content (AvgIpc) is 3.27. The summed E-state index contributed by atoms with van der Waals surface area (Å²) in [7, 11) is 0. The fourth-order valence-electron chi connectivity index (χ4n) is 7.13. The molecule has 0 aliphatic carbocycles. The number of rotatable bonds is 4. The molecule has 0 aliphatic rings. The summed E-state index contributed by atoms with van der Waals surface area (Å²) in [6.07, 6.45) is 0. The van der Waals surface area contributed by atoms with E-state index in [9.17, 15) is 0 Å². The van der Waals surface area contributed by atoms with Crippen molar-refractivity contribution in [3.8, 4) is 45.0 Å². The molecule has 0 unspecified atom stereocenters. The van der Waals surface area contributed by atoms with Crippen LogP contribution in [0.2, 0.25) is 0 Å². The number of aromatic nitrogens is 4. The maximum absolute atomic E-state index is 5.28. The second-order valence-electron chi connectivity index (χ2n) is 12.6. The summed E-state index contributed by atoms with van der Waals surface area (Å²) in [6.45, 7) is 8.00. The Balaban J connectivity index is 0.00000100. The smallest absolute Gasteiger partial charge is 0.0972 e. The van der Waals surface area contributed by atoms with E-state index in [1.807, 2.05) is 64.1 Å². The molecule has 6 aromatic carbocycles. The van der Waals surface area contributed by atoms with Gasteiger partial charge in [-0.1, -0.05) is 173 Å². The van der Waals surface area contributed by atoms with Crippen molar-refractivity contribution in [3.63, 3.8) is 0 Å². The van der Waals surface area contributed by atoms with E-state index in [2.05, 4.69) is 133 Å². The Labute approximate surface area is 315 Å². The highest BCUT2D eigenvalue weighted by Crippen LogP contribution is 2.36. The van der Waals surface area contributed by atoms with E-state index in [4.69, 9.17) is 19.9 Å². The molecule has 0 saturated carbocycles. The van der Waals surface area contributed by atoms with E-state index in [0.717, 1.165) is 99.4 Å². The first-order valence-electron chi connectivity index (χ1n) is 18.8. The molecule has 0 bridgehead atoms. The summed E-state index contributed by atoms with van der Waals surface area (Å²) >= 11 is 0. The van der Waals surface area contributed by atoms with Crippen LogP contribution in [0.5, 0.6) is 0 Å². The molecule has 0 N–H and O–H groups in total. The highest BCUT2D eigenvalue weighted by atomic mass is 14.8. The van der Waals surface area contributed by atoms with Crippen LogP contribution in [0.4, 0.5) is 0 Å². The molecule has 0 amide bonds. The summed E-state index contributed by atoms with van der Waals surface area (Å²) in [6, 6.07) is 59.0. The topological polar surface area (TPSA) is 51.6 Å². The van der Waals surface area contributed by atoms with E-state index in [-0.39, 0.29) is 0 Å². The van der Waals surface area contributed by atoms with Gasteiger partial charge in [0.2, 0.25) is 0 Å². The highest BCUT2D eigenvalue weighted by molar-refractivity contribution is 6.08. The lowest BCUT2D eigenvalue weighted by Gasteiger charge is -2.13. The second-order valence-corrected chi connectivity index (χ2v) is 12.6. The molecule has 4 heterocycles. The standard InChI is InChI=1S/C46H28N4.2C2H6/c1-3-9-29(10-4-1)39-25-21-31-17-19-33-23-27-41(49-45(33)43(31)47-39)37-15-7-14-36-35(37)13-8-16-38(36)42-28-24-34-20-18-32-22-26-40(30-11-5-2-6-12-30)48-44(32)46(34)50-42;2*1-2/h1-28H;2*1-2H3. The molecular formula is C50H40N4. The van der Waals surface area contributed by atoms with Crippen molar-refractivity contribution in [2.24, 2.45) is 0 Å². The highest BCUT2D eigenvalue weighted by Gasteiger charge is 2.14. The molecular weight excluding hydrogens is 657 g/mol. The molecule has 0 aliphatic heterocycles. The fourth-order valence-corrected chi connectivity index (χ4v) is 7.13. The van der Waals surface area contributed by atoms with Crippen LogP contribution in [0.3, 0.4) is 0 Å². The number of hydrogen-bond acceptors (Lipinski definition) is 4. The predicted molar refractivity (Wildman–Crippen MR) is 230 cm³/mol. The third-order valence-corrected chi connectivity index (χ3v) is 9.65. The Bertz CT molecular complexity index is 2720. The van der Waals surface area contributed by atoms with Crippen molar-refractivity contribution in [1.29, 1.82) is 0 Å². The van der Waals surface area contributed by atoms with Crippen molar-refractivity contribution in [3.05, 3.63) is 170 Å². The molecule has 0 spiro atoms. The maximum atomic E-state index is 5.28. The van der Waals surface area contributed by atoms with Gasteiger partial charge in [0.05, 0.1) is 44.8 Å². The molecule has 10 aromatic rings. The third-order valence-electron chi connectivity index (χ3n) is 9.65. The van der Waals surface area contributed by atoms with E-state index >= 15 is 0 Å². The first-order valence-corrected chi connectivity index (χ1v) is 18.8. The number of hydrogen-bond donors (Lipinski definition) is 0. The summed E-state index contributed by atoms with van der Waals surface area (Å²) in [5, 5.41) is 6.52. The lowest BCUT2D eigenvalue weighted by atomic mass is 9.95.